The molecule has 2 N–H and O–H groups in total. The third-order valence-electron chi connectivity index (χ3n) is 6.43. The van der Waals surface area contributed by atoms with Gasteiger partial charge in [-0.3, -0.25) is 19.3 Å². The molecule has 0 atom stereocenters. The van der Waals surface area contributed by atoms with Crippen molar-refractivity contribution in [2.45, 2.75) is 82.2 Å². The summed E-state index contributed by atoms with van der Waals surface area (Å²) in [5, 5.41) is 5.67. The van der Waals surface area contributed by atoms with Crippen molar-refractivity contribution < 1.29 is 19.2 Å². The number of nitrogens with zero attached hydrogens (tertiary/aromatic N) is 2. The molecule has 5 amide bonds. The molecular formula is C20H32N4O4. The van der Waals surface area contributed by atoms with Crippen molar-refractivity contribution in [3.05, 3.63) is 0 Å². The molecule has 1 saturated heterocycles. The monoisotopic (exact) mass is 392 g/mol. The molecule has 0 bridgehead atoms. The van der Waals surface area contributed by atoms with Gasteiger partial charge in [0.25, 0.3) is 5.91 Å². The zero-order chi connectivity index (χ0) is 20.1. The van der Waals surface area contributed by atoms with Gasteiger partial charge in [-0.25, -0.2) is 4.79 Å². The van der Waals surface area contributed by atoms with Crippen molar-refractivity contribution in [3.8, 4) is 0 Å². The molecule has 0 radical (unpaired) electrons. The van der Waals surface area contributed by atoms with E-state index in [0.717, 1.165) is 49.8 Å². The van der Waals surface area contributed by atoms with E-state index in [1.165, 1.54) is 11.3 Å². The Bertz CT molecular complexity index is 624. The molecule has 2 aliphatic carbocycles. The fourth-order valence-corrected chi connectivity index (χ4v) is 4.73. The summed E-state index contributed by atoms with van der Waals surface area (Å²) in [5.74, 6) is -0.736. The third kappa shape index (κ3) is 4.31. The predicted octanol–water partition coefficient (Wildman–Crippen LogP) is 1.54. The molecule has 156 valence electrons. The molecule has 3 rings (SSSR count). The summed E-state index contributed by atoms with van der Waals surface area (Å²) in [7, 11) is 1.65. The van der Waals surface area contributed by atoms with Gasteiger partial charge in [-0.2, -0.15) is 0 Å². The number of hydrogen-bond acceptors (Lipinski definition) is 4. The summed E-state index contributed by atoms with van der Waals surface area (Å²) in [6, 6.07) is -0.156. The van der Waals surface area contributed by atoms with Gasteiger partial charge >= 0.3 is 6.03 Å². The highest BCUT2D eigenvalue weighted by Gasteiger charge is 2.55. The minimum absolute atomic E-state index is 0.0681. The maximum atomic E-state index is 12.9. The number of hydrogen-bond donors (Lipinski definition) is 2. The van der Waals surface area contributed by atoms with E-state index in [1.54, 1.807) is 7.05 Å². The maximum absolute atomic E-state index is 12.9. The fourth-order valence-electron chi connectivity index (χ4n) is 4.73. The number of amides is 5. The lowest BCUT2D eigenvalue weighted by atomic mass is 9.81. The predicted molar refractivity (Wildman–Crippen MR) is 103 cm³/mol. The van der Waals surface area contributed by atoms with Crippen LogP contribution in [0.2, 0.25) is 0 Å². The van der Waals surface area contributed by atoms with Gasteiger partial charge in [0.05, 0.1) is 0 Å². The van der Waals surface area contributed by atoms with E-state index in [4.69, 9.17) is 0 Å². The molecule has 3 fully saturated rings. The summed E-state index contributed by atoms with van der Waals surface area (Å²) in [6.07, 6.45) is 9.99. The van der Waals surface area contributed by atoms with Crippen LogP contribution in [-0.4, -0.2) is 65.3 Å². The van der Waals surface area contributed by atoms with Gasteiger partial charge in [0, 0.05) is 26.1 Å². The van der Waals surface area contributed by atoms with E-state index in [2.05, 4.69) is 10.6 Å². The first kappa shape index (κ1) is 20.6. The minimum atomic E-state index is -0.768. The lowest BCUT2D eigenvalue weighted by Gasteiger charge is -2.35. The number of rotatable bonds is 6. The molecule has 0 aromatic heterocycles. The molecule has 3 aliphatic rings. The van der Waals surface area contributed by atoms with Gasteiger partial charge in [-0.05, 0) is 25.7 Å². The van der Waals surface area contributed by atoms with Gasteiger partial charge in [0.15, 0.2) is 0 Å². The summed E-state index contributed by atoms with van der Waals surface area (Å²) in [4.78, 5) is 52.2. The Hall–Kier alpha value is -2.12. The van der Waals surface area contributed by atoms with Crippen LogP contribution in [0.1, 0.15) is 70.6 Å². The van der Waals surface area contributed by atoms with Crippen LogP contribution in [0.5, 0.6) is 0 Å². The first-order chi connectivity index (χ1) is 13.4. The van der Waals surface area contributed by atoms with Gasteiger partial charge in [-0.1, -0.05) is 38.5 Å². The summed E-state index contributed by atoms with van der Waals surface area (Å²) < 4.78 is 0. The number of carbonyl (C=O) groups is 4. The van der Waals surface area contributed by atoms with Crippen LogP contribution in [-0.2, 0) is 14.4 Å². The van der Waals surface area contributed by atoms with Crippen LogP contribution >= 0.6 is 0 Å². The quantitative estimate of drug-likeness (QED) is 0.670. The maximum Gasteiger partial charge on any atom is 0.327 e. The van der Waals surface area contributed by atoms with Crippen molar-refractivity contribution in [2.24, 2.45) is 0 Å². The topological polar surface area (TPSA) is 98.8 Å². The minimum Gasteiger partial charge on any atom is -0.354 e. The lowest BCUT2D eigenvalue weighted by molar-refractivity contribution is -0.137. The highest BCUT2D eigenvalue weighted by molar-refractivity contribution is 6.08. The highest BCUT2D eigenvalue weighted by atomic mass is 16.2. The van der Waals surface area contributed by atoms with Gasteiger partial charge in [-0.15, -0.1) is 0 Å². The van der Waals surface area contributed by atoms with E-state index < -0.39 is 17.5 Å². The summed E-state index contributed by atoms with van der Waals surface area (Å²) >= 11 is 0. The Balaban J connectivity index is 1.43. The summed E-state index contributed by atoms with van der Waals surface area (Å²) in [5.41, 5.74) is -0.768. The van der Waals surface area contributed by atoms with E-state index in [-0.39, 0.29) is 37.4 Å². The molecule has 1 heterocycles. The van der Waals surface area contributed by atoms with Crippen molar-refractivity contribution >= 4 is 23.8 Å². The van der Waals surface area contributed by atoms with Crippen LogP contribution in [0, 0.1) is 0 Å². The second-order valence-corrected chi connectivity index (χ2v) is 8.33. The molecule has 8 heteroatoms. The highest BCUT2D eigenvalue weighted by Crippen LogP contribution is 2.39. The van der Waals surface area contributed by atoms with Crippen LogP contribution in [0.4, 0.5) is 4.79 Å². The molecule has 8 nitrogen and oxygen atoms in total. The average molecular weight is 393 g/mol. The SMILES string of the molecule is CN1C(=O)N(CC(=O)NCCC(=O)NC2CCCCC2)C(=O)C12CCCCC2. The second-order valence-electron chi connectivity index (χ2n) is 8.33. The van der Waals surface area contributed by atoms with Crippen LogP contribution < -0.4 is 10.6 Å². The zero-order valence-corrected chi connectivity index (χ0v) is 16.8. The number of imide groups is 1. The van der Waals surface area contributed by atoms with Crippen molar-refractivity contribution in [1.29, 1.82) is 0 Å². The average Bonchev–Trinajstić information content (AvgIpc) is 2.86. The van der Waals surface area contributed by atoms with E-state index in [9.17, 15) is 19.2 Å². The smallest absolute Gasteiger partial charge is 0.327 e. The van der Waals surface area contributed by atoms with Gasteiger partial charge < -0.3 is 15.5 Å². The van der Waals surface area contributed by atoms with Crippen LogP contribution in [0.3, 0.4) is 0 Å². The van der Waals surface area contributed by atoms with E-state index in [0.29, 0.717) is 12.8 Å². The Labute approximate surface area is 166 Å². The molecule has 0 aromatic carbocycles. The lowest BCUT2D eigenvalue weighted by Crippen LogP contribution is -2.49. The molecule has 28 heavy (non-hydrogen) atoms. The Morgan fingerprint density at radius 1 is 1.00 bits per heavy atom. The number of carbonyl (C=O) groups excluding carboxylic acids is 4. The number of urea groups is 1. The van der Waals surface area contributed by atoms with Crippen molar-refractivity contribution in [2.75, 3.05) is 20.1 Å². The first-order valence-electron chi connectivity index (χ1n) is 10.6. The standard InChI is InChI=1S/C20H32N4O4/c1-23-19(28)24(18(27)20(23)11-6-3-7-12-20)14-17(26)21-13-10-16(25)22-15-8-4-2-5-9-15/h15H,2-14H2,1H3,(H,21,26)(H,22,25). The summed E-state index contributed by atoms with van der Waals surface area (Å²) in [6.45, 7) is -0.0808. The normalized spacial score (nSPS) is 22.6. The van der Waals surface area contributed by atoms with Crippen LogP contribution in [0.25, 0.3) is 0 Å². The fraction of sp³-hybridized carbons (Fsp3) is 0.800. The molecule has 0 aromatic rings. The molecule has 1 spiro atoms. The molecular weight excluding hydrogens is 360 g/mol. The molecule has 0 unspecified atom stereocenters. The Kier molecular flexibility index (Phi) is 6.57. The molecule has 1 aliphatic heterocycles. The van der Waals surface area contributed by atoms with Gasteiger partial charge in [0.1, 0.15) is 12.1 Å². The second kappa shape index (κ2) is 8.92. The largest absolute Gasteiger partial charge is 0.354 e. The number of likely N-dealkylation sites (N-methyl/N-ethyl adjacent to an activating group) is 1. The van der Waals surface area contributed by atoms with Crippen LogP contribution in [0.15, 0.2) is 0 Å². The van der Waals surface area contributed by atoms with E-state index in [1.807, 2.05) is 0 Å². The van der Waals surface area contributed by atoms with Gasteiger partial charge in [0.2, 0.25) is 11.8 Å². The molecule has 2 saturated carbocycles. The van der Waals surface area contributed by atoms with Crippen molar-refractivity contribution in [1.82, 2.24) is 20.4 Å². The first-order valence-corrected chi connectivity index (χ1v) is 10.6. The third-order valence-corrected chi connectivity index (χ3v) is 6.43. The Morgan fingerprint density at radius 3 is 2.32 bits per heavy atom. The Morgan fingerprint density at radius 2 is 1.64 bits per heavy atom. The number of nitrogens with one attached hydrogen (secondary N) is 2. The van der Waals surface area contributed by atoms with E-state index >= 15 is 0 Å². The van der Waals surface area contributed by atoms with Crippen molar-refractivity contribution in [3.63, 3.8) is 0 Å². The zero-order valence-electron chi connectivity index (χ0n) is 16.8.